The summed E-state index contributed by atoms with van der Waals surface area (Å²) in [6.07, 6.45) is 4.28. The molecular formula is C13H20N2O. The third-order valence-electron chi connectivity index (χ3n) is 3.98. The Hall–Kier alpha value is -1.09. The lowest BCUT2D eigenvalue weighted by atomic mass is 9.70. The molecule has 1 heterocycles. The zero-order valence-electron chi connectivity index (χ0n) is 9.98. The van der Waals surface area contributed by atoms with Gasteiger partial charge in [0.2, 0.25) is 0 Å². The fourth-order valence-corrected chi connectivity index (χ4v) is 2.64. The van der Waals surface area contributed by atoms with Gasteiger partial charge in [-0.15, -0.1) is 0 Å². The van der Waals surface area contributed by atoms with Crippen molar-refractivity contribution >= 4 is 5.82 Å². The summed E-state index contributed by atoms with van der Waals surface area (Å²) in [7, 11) is 0. The first-order valence-electron chi connectivity index (χ1n) is 5.96. The highest BCUT2D eigenvalue weighted by Crippen LogP contribution is 2.43. The highest BCUT2D eigenvalue weighted by Gasteiger charge is 2.38. The van der Waals surface area contributed by atoms with E-state index in [2.05, 4.69) is 18.8 Å². The van der Waals surface area contributed by atoms with Gasteiger partial charge >= 0.3 is 0 Å². The molecule has 3 N–H and O–H groups in total. The Morgan fingerprint density at radius 2 is 2.19 bits per heavy atom. The van der Waals surface area contributed by atoms with Crippen molar-refractivity contribution in [2.75, 3.05) is 5.73 Å². The lowest BCUT2D eigenvalue weighted by molar-refractivity contribution is -0.0331. The number of aromatic nitrogens is 1. The second-order valence-corrected chi connectivity index (χ2v) is 5.17. The van der Waals surface area contributed by atoms with Crippen molar-refractivity contribution in [1.82, 2.24) is 4.98 Å². The smallest absolute Gasteiger partial charge is 0.129 e. The molecule has 1 aliphatic carbocycles. The maximum Gasteiger partial charge on any atom is 0.129 e. The molecule has 1 aromatic rings. The predicted octanol–water partition coefficient (Wildman–Crippen LogP) is 2.31. The molecule has 3 atom stereocenters. The Morgan fingerprint density at radius 1 is 1.44 bits per heavy atom. The number of nitrogens with two attached hydrogens (primary N) is 1. The molecule has 0 amide bonds. The summed E-state index contributed by atoms with van der Waals surface area (Å²) < 4.78 is 0. The van der Waals surface area contributed by atoms with Crippen LogP contribution in [0.3, 0.4) is 0 Å². The van der Waals surface area contributed by atoms with Gasteiger partial charge < -0.3 is 10.8 Å². The van der Waals surface area contributed by atoms with Crippen LogP contribution in [-0.2, 0) is 5.60 Å². The lowest BCUT2D eigenvalue weighted by Crippen LogP contribution is -2.36. The van der Waals surface area contributed by atoms with Crippen molar-refractivity contribution in [1.29, 1.82) is 0 Å². The number of pyridine rings is 1. The van der Waals surface area contributed by atoms with E-state index in [9.17, 15) is 5.11 Å². The van der Waals surface area contributed by atoms with E-state index in [1.807, 2.05) is 12.1 Å². The van der Waals surface area contributed by atoms with Crippen molar-refractivity contribution in [3.8, 4) is 0 Å². The van der Waals surface area contributed by atoms with Crippen molar-refractivity contribution in [3.63, 3.8) is 0 Å². The molecule has 2 rings (SSSR count). The predicted molar refractivity (Wildman–Crippen MR) is 64.7 cm³/mol. The van der Waals surface area contributed by atoms with Crippen LogP contribution in [0.15, 0.2) is 18.3 Å². The Morgan fingerprint density at radius 3 is 2.81 bits per heavy atom. The first kappa shape index (κ1) is 11.4. The minimum atomic E-state index is -0.774. The molecule has 0 spiro atoms. The van der Waals surface area contributed by atoms with Crippen LogP contribution in [0.2, 0.25) is 0 Å². The number of nitrogen functional groups attached to an aromatic ring is 1. The van der Waals surface area contributed by atoms with Gasteiger partial charge in [0.05, 0.1) is 5.60 Å². The van der Waals surface area contributed by atoms with Crippen molar-refractivity contribution in [2.45, 2.75) is 38.7 Å². The van der Waals surface area contributed by atoms with Gasteiger partial charge in [0.1, 0.15) is 5.82 Å². The number of aliphatic hydroxyl groups is 1. The van der Waals surface area contributed by atoms with Crippen LogP contribution in [-0.4, -0.2) is 10.1 Å². The molecule has 1 fully saturated rings. The Balaban J connectivity index is 2.29. The van der Waals surface area contributed by atoms with Crippen LogP contribution in [0, 0.1) is 11.8 Å². The monoisotopic (exact) mass is 220 g/mol. The van der Waals surface area contributed by atoms with Gasteiger partial charge in [-0.2, -0.15) is 0 Å². The molecule has 88 valence electrons. The van der Waals surface area contributed by atoms with Crippen molar-refractivity contribution < 1.29 is 5.11 Å². The third-order valence-corrected chi connectivity index (χ3v) is 3.98. The second-order valence-electron chi connectivity index (χ2n) is 5.17. The fourth-order valence-electron chi connectivity index (χ4n) is 2.64. The largest absolute Gasteiger partial charge is 0.385 e. The van der Waals surface area contributed by atoms with E-state index >= 15 is 0 Å². The molecule has 3 unspecified atom stereocenters. The molecule has 3 nitrogen and oxygen atoms in total. The van der Waals surface area contributed by atoms with E-state index in [0.717, 1.165) is 24.8 Å². The van der Waals surface area contributed by atoms with E-state index < -0.39 is 5.60 Å². The molecular weight excluding hydrogens is 200 g/mol. The summed E-state index contributed by atoms with van der Waals surface area (Å²) >= 11 is 0. The molecule has 16 heavy (non-hydrogen) atoms. The Kier molecular flexibility index (Phi) is 2.89. The normalized spacial score (nSPS) is 34.9. The fraction of sp³-hybridized carbons (Fsp3) is 0.615. The molecule has 0 aliphatic heterocycles. The first-order chi connectivity index (χ1) is 7.53. The van der Waals surface area contributed by atoms with Gasteiger partial charge in [-0.25, -0.2) is 4.98 Å². The van der Waals surface area contributed by atoms with Crippen LogP contribution >= 0.6 is 0 Å². The highest BCUT2D eigenvalue weighted by atomic mass is 16.3. The molecule has 1 saturated carbocycles. The topological polar surface area (TPSA) is 59.1 Å². The minimum Gasteiger partial charge on any atom is -0.385 e. The van der Waals surface area contributed by atoms with Crippen LogP contribution in [0.4, 0.5) is 5.82 Å². The third kappa shape index (κ3) is 1.92. The van der Waals surface area contributed by atoms with E-state index in [1.54, 1.807) is 6.20 Å². The molecule has 0 saturated heterocycles. The van der Waals surface area contributed by atoms with Gasteiger partial charge in [-0.05, 0) is 37.2 Å². The standard InChI is InChI=1S/C13H20N2O/c1-9-5-6-13(16,8-10(9)2)11-4-3-7-15-12(11)14/h3-4,7,9-10,16H,5-6,8H2,1-2H3,(H2,14,15). The number of hydrogen-bond donors (Lipinski definition) is 2. The molecule has 0 radical (unpaired) electrons. The van der Waals surface area contributed by atoms with Crippen LogP contribution < -0.4 is 5.73 Å². The average molecular weight is 220 g/mol. The minimum absolute atomic E-state index is 0.465. The van der Waals surface area contributed by atoms with E-state index in [-0.39, 0.29) is 0 Å². The zero-order valence-corrected chi connectivity index (χ0v) is 9.98. The maximum absolute atomic E-state index is 10.7. The quantitative estimate of drug-likeness (QED) is 0.763. The van der Waals surface area contributed by atoms with Gasteiger partial charge in [-0.3, -0.25) is 0 Å². The van der Waals surface area contributed by atoms with Crippen LogP contribution in [0.25, 0.3) is 0 Å². The maximum atomic E-state index is 10.7. The van der Waals surface area contributed by atoms with Gasteiger partial charge in [0, 0.05) is 11.8 Å². The first-order valence-corrected chi connectivity index (χ1v) is 5.96. The molecule has 3 heteroatoms. The number of nitrogens with zero attached hydrogens (tertiary/aromatic N) is 1. The lowest BCUT2D eigenvalue weighted by Gasteiger charge is -2.39. The Bertz CT molecular complexity index is 380. The summed E-state index contributed by atoms with van der Waals surface area (Å²) in [4.78, 5) is 4.06. The molecule has 0 bridgehead atoms. The van der Waals surface area contributed by atoms with Crippen molar-refractivity contribution in [2.24, 2.45) is 11.8 Å². The second kappa shape index (κ2) is 4.06. The highest BCUT2D eigenvalue weighted by molar-refractivity contribution is 5.43. The summed E-state index contributed by atoms with van der Waals surface area (Å²) in [5.41, 5.74) is 5.87. The average Bonchev–Trinajstić information content (AvgIpc) is 2.25. The summed E-state index contributed by atoms with van der Waals surface area (Å²) in [5, 5.41) is 10.7. The SMILES string of the molecule is CC1CCC(O)(c2cccnc2N)CC1C. The van der Waals surface area contributed by atoms with E-state index in [0.29, 0.717) is 17.7 Å². The van der Waals surface area contributed by atoms with E-state index in [1.165, 1.54) is 0 Å². The number of rotatable bonds is 1. The van der Waals surface area contributed by atoms with E-state index in [4.69, 9.17) is 5.73 Å². The van der Waals surface area contributed by atoms with Gasteiger partial charge in [-0.1, -0.05) is 19.9 Å². The van der Waals surface area contributed by atoms with Crippen LogP contribution in [0.1, 0.15) is 38.7 Å². The van der Waals surface area contributed by atoms with Gasteiger partial charge in [0.25, 0.3) is 0 Å². The molecule has 0 aromatic carbocycles. The molecule has 1 aromatic heterocycles. The number of anilines is 1. The number of hydrogen-bond acceptors (Lipinski definition) is 3. The van der Waals surface area contributed by atoms with Gasteiger partial charge in [0.15, 0.2) is 0 Å². The molecule has 1 aliphatic rings. The summed E-state index contributed by atoms with van der Waals surface area (Å²) in [6.45, 7) is 4.44. The van der Waals surface area contributed by atoms with Crippen LogP contribution in [0.5, 0.6) is 0 Å². The summed E-state index contributed by atoms with van der Waals surface area (Å²) in [5.74, 6) is 1.67. The zero-order chi connectivity index (χ0) is 11.8. The van der Waals surface area contributed by atoms with Crippen molar-refractivity contribution in [3.05, 3.63) is 23.9 Å². The Labute approximate surface area is 96.7 Å². The summed E-state index contributed by atoms with van der Waals surface area (Å²) in [6, 6.07) is 3.73.